The molecule has 1 aromatic rings. The van der Waals surface area contributed by atoms with Crippen LogP contribution >= 0.6 is 0 Å². The Bertz CT molecular complexity index is 525. The van der Waals surface area contributed by atoms with Gasteiger partial charge in [0.15, 0.2) is 0 Å². The SMILES string of the molecule is Cc1nc([N+](=O)[O-])c(N2CCCC(C(=O)O)C2)n1C. The van der Waals surface area contributed by atoms with Gasteiger partial charge in [0.05, 0.1) is 5.92 Å². The molecule has 0 amide bonds. The Morgan fingerprint density at radius 3 is 2.84 bits per heavy atom. The van der Waals surface area contributed by atoms with Crippen molar-refractivity contribution in [2.75, 3.05) is 18.0 Å². The molecule has 2 heterocycles. The Morgan fingerprint density at radius 1 is 1.58 bits per heavy atom. The molecule has 1 saturated heterocycles. The van der Waals surface area contributed by atoms with Crippen LogP contribution in [-0.2, 0) is 11.8 Å². The van der Waals surface area contributed by atoms with Crippen LogP contribution in [-0.4, -0.2) is 38.6 Å². The van der Waals surface area contributed by atoms with E-state index in [-0.39, 0.29) is 12.4 Å². The second-order valence-corrected chi connectivity index (χ2v) is 4.75. The van der Waals surface area contributed by atoms with Crippen molar-refractivity contribution in [3.63, 3.8) is 0 Å². The predicted molar refractivity (Wildman–Crippen MR) is 67.2 cm³/mol. The first-order valence-corrected chi connectivity index (χ1v) is 6.07. The number of piperidine rings is 1. The minimum atomic E-state index is -0.855. The topological polar surface area (TPSA) is 102 Å². The van der Waals surface area contributed by atoms with Gasteiger partial charge in [-0.2, -0.15) is 0 Å². The van der Waals surface area contributed by atoms with Crippen molar-refractivity contribution in [3.8, 4) is 0 Å². The van der Waals surface area contributed by atoms with E-state index in [4.69, 9.17) is 5.11 Å². The number of nitro groups is 1. The molecule has 1 fully saturated rings. The molecule has 1 unspecified atom stereocenters. The smallest absolute Gasteiger partial charge is 0.406 e. The van der Waals surface area contributed by atoms with Crippen LogP contribution < -0.4 is 4.90 Å². The third-order valence-corrected chi connectivity index (χ3v) is 3.51. The molecule has 0 radical (unpaired) electrons. The van der Waals surface area contributed by atoms with E-state index in [0.29, 0.717) is 31.0 Å². The van der Waals surface area contributed by atoms with Gasteiger partial charge in [0.25, 0.3) is 0 Å². The lowest BCUT2D eigenvalue weighted by Gasteiger charge is -2.31. The number of nitrogens with zero attached hydrogens (tertiary/aromatic N) is 4. The molecular weight excluding hydrogens is 252 g/mol. The van der Waals surface area contributed by atoms with E-state index in [1.54, 1.807) is 23.4 Å². The van der Waals surface area contributed by atoms with Crippen LogP contribution in [0, 0.1) is 23.0 Å². The zero-order chi connectivity index (χ0) is 14.2. The van der Waals surface area contributed by atoms with Crippen LogP contribution in [0.2, 0.25) is 0 Å². The summed E-state index contributed by atoms with van der Waals surface area (Å²) >= 11 is 0. The number of aliphatic carboxylic acids is 1. The van der Waals surface area contributed by atoms with E-state index < -0.39 is 16.8 Å². The molecule has 1 aliphatic heterocycles. The standard InChI is InChI=1S/C11H16N4O4/c1-7-12-9(15(18)19)10(13(7)2)14-5-3-4-8(6-14)11(16)17/h8H,3-6H2,1-2H3,(H,16,17). The first-order chi connectivity index (χ1) is 8.91. The quantitative estimate of drug-likeness (QED) is 0.646. The molecule has 8 heteroatoms. The van der Waals surface area contributed by atoms with Crippen molar-refractivity contribution in [3.05, 3.63) is 15.9 Å². The van der Waals surface area contributed by atoms with Gasteiger partial charge in [0, 0.05) is 27.1 Å². The molecule has 1 atom stereocenters. The maximum Gasteiger partial charge on any atom is 0.406 e. The first-order valence-electron chi connectivity index (χ1n) is 6.07. The van der Waals surface area contributed by atoms with Crippen LogP contribution in [0.5, 0.6) is 0 Å². The average molecular weight is 268 g/mol. The Hall–Kier alpha value is -2.12. The fraction of sp³-hybridized carbons (Fsp3) is 0.636. The molecule has 0 aliphatic carbocycles. The maximum absolute atomic E-state index is 11.1. The highest BCUT2D eigenvalue weighted by atomic mass is 16.6. The third kappa shape index (κ3) is 2.38. The minimum absolute atomic E-state index is 0.203. The molecular formula is C11H16N4O4. The van der Waals surface area contributed by atoms with Crippen molar-refractivity contribution in [1.82, 2.24) is 9.55 Å². The highest BCUT2D eigenvalue weighted by molar-refractivity contribution is 5.71. The summed E-state index contributed by atoms with van der Waals surface area (Å²) in [6.07, 6.45) is 1.31. The Balaban J connectivity index is 2.35. The number of rotatable bonds is 3. The van der Waals surface area contributed by atoms with Gasteiger partial charge in [-0.05, 0) is 22.7 Å². The lowest BCUT2D eigenvalue weighted by molar-refractivity contribution is -0.388. The van der Waals surface area contributed by atoms with Crippen LogP contribution in [0.25, 0.3) is 0 Å². The maximum atomic E-state index is 11.1. The first kappa shape index (κ1) is 13.3. The number of carboxylic acids is 1. The van der Waals surface area contributed by atoms with Crippen molar-refractivity contribution in [2.24, 2.45) is 13.0 Å². The summed E-state index contributed by atoms with van der Waals surface area (Å²) in [5.41, 5.74) is 0. The molecule has 0 spiro atoms. The Labute approximate surface area is 109 Å². The zero-order valence-electron chi connectivity index (χ0n) is 10.9. The van der Waals surface area contributed by atoms with Gasteiger partial charge in [0.1, 0.15) is 0 Å². The second kappa shape index (κ2) is 4.87. The molecule has 1 aliphatic rings. The molecule has 104 valence electrons. The average Bonchev–Trinajstić information content (AvgIpc) is 2.66. The van der Waals surface area contributed by atoms with Gasteiger partial charge in [-0.15, -0.1) is 0 Å². The second-order valence-electron chi connectivity index (χ2n) is 4.75. The zero-order valence-corrected chi connectivity index (χ0v) is 10.9. The number of hydrogen-bond donors (Lipinski definition) is 1. The van der Waals surface area contributed by atoms with E-state index in [1.165, 1.54) is 0 Å². The highest BCUT2D eigenvalue weighted by Crippen LogP contribution is 2.31. The third-order valence-electron chi connectivity index (χ3n) is 3.51. The van der Waals surface area contributed by atoms with Gasteiger partial charge >= 0.3 is 11.8 Å². The van der Waals surface area contributed by atoms with Crippen LogP contribution in [0.1, 0.15) is 18.7 Å². The molecule has 1 aromatic heterocycles. The van der Waals surface area contributed by atoms with Crippen molar-refractivity contribution >= 4 is 17.6 Å². The lowest BCUT2D eigenvalue weighted by Crippen LogP contribution is -2.39. The van der Waals surface area contributed by atoms with Gasteiger partial charge < -0.3 is 20.1 Å². The normalized spacial score (nSPS) is 19.5. The summed E-state index contributed by atoms with van der Waals surface area (Å²) in [6.45, 7) is 2.59. The number of carboxylic acid groups (broad SMARTS) is 1. The fourth-order valence-corrected chi connectivity index (χ4v) is 2.43. The van der Waals surface area contributed by atoms with Crippen molar-refractivity contribution in [2.45, 2.75) is 19.8 Å². The summed E-state index contributed by atoms with van der Waals surface area (Å²) in [5, 5.41) is 20.1. The summed E-state index contributed by atoms with van der Waals surface area (Å²) in [6, 6.07) is 0. The number of imidazole rings is 1. The molecule has 1 N–H and O–H groups in total. The predicted octanol–water partition coefficient (Wildman–Crippen LogP) is 0.938. The van der Waals surface area contributed by atoms with Gasteiger partial charge in [0.2, 0.25) is 11.6 Å². The molecule has 0 aromatic carbocycles. The number of aromatic nitrogens is 2. The molecule has 8 nitrogen and oxygen atoms in total. The monoisotopic (exact) mass is 268 g/mol. The molecule has 19 heavy (non-hydrogen) atoms. The highest BCUT2D eigenvalue weighted by Gasteiger charge is 2.33. The van der Waals surface area contributed by atoms with E-state index in [2.05, 4.69) is 4.98 Å². The van der Waals surface area contributed by atoms with Gasteiger partial charge in [-0.1, -0.05) is 0 Å². The van der Waals surface area contributed by atoms with E-state index in [1.807, 2.05) is 0 Å². The van der Waals surface area contributed by atoms with Gasteiger partial charge in [-0.3, -0.25) is 9.36 Å². The Kier molecular flexibility index (Phi) is 3.41. The summed E-state index contributed by atoms with van der Waals surface area (Å²) in [7, 11) is 1.70. The largest absolute Gasteiger partial charge is 0.481 e. The number of hydrogen-bond acceptors (Lipinski definition) is 5. The van der Waals surface area contributed by atoms with Crippen molar-refractivity contribution in [1.29, 1.82) is 0 Å². The lowest BCUT2D eigenvalue weighted by atomic mass is 9.98. The van der Waals surface area contributed by atoms with E-state index >= 15 is 0 Å². The number of anilines is 1. The summed E-state index contributed by atoms with van der Waals surface area (Å²) in [5.74, 6) is -0.603. The summed E-state index contributed by atoms with van der Waals surface area (Å²) in [4.78, 5) is 27.2. The molecule has 0 bridgehead atoms. The number of aryl methyl sites for hydroxylation is 1. The van der Waals surface area contributed by atoms with E-state index in [9.17, 15) is 14.9 Å². The molecule has 0 saturated carbocycles. The summed E-state index contributed by atoms with van der Waals surface area (Å²) < 4.78 is 1.64. The number of carbonyl (C=O) groups is 1. The van der Waals surface area contributed by atoms with Crippen LogP contribution in [0.15, 0.2) is 0 Å². The van der Waals surface area contributed by atoms with Crippen LogP contribution in [0.4, 0.5) is 11.6 Å². The van der Waals surface area contributed by atoms with Gasteiger partial charge in [-0.25, -0.2) is 0 Å². The minimum Gasteiger partial charge on any atom is -0.481 e. The Morgan fingerprint density at radius 2 is 2.26 bits per heavy atom. The fourth-order valence-electron chi connectivity index (χ4n) is 2.43. The van der Waals surface area contributed by atoms with E-state index in [0.717, 1.165) is 0 Å². The molecule has 2 rings (SSSR count). The van der Waals surface area contributed by atoms with Crippen LogP contribution in [0.3, 0.4) is 0 Å². The van der Waals surface area contributed by atoms with Crippen molar-refractivity contribution < 1.29 is 14.8 Å².